The summed E-state index contributed by atoms with van der Waals surface area (Å²) < 4.78 is 5.03. The number of aromatic nitrogens is 1. The number of hydrogen-bond donors (Lipinski definition) is 3. The molecule has 2 aromatic rings. The van der Waals surface area contributed by atoms with Crippen molar-refractivity contribution in [2.75, 3.05) is 19.8 Å². The first kappa shape index (κ1) is 12.2. The van der Waals surface area contributed by atoms with E-state index >= 15 is 0 Å². The quantitative estimate of drug-likeness (QED) is 0.759. The number of nitrogens with one attached hydrogen (secondary N) is 2. The number of fused-ring (bicyclic) bond motifs is 1. The SMILES string of the molecule is O=C(O)C1(CNCc2c[nH]c3ccccc23)COC1. The monoisotopic (exact) mass is 260 g/mol. The third kappa shape index (κ3) is 2.11. The first-order chi connectivity index (χ1) is 9.21. The Morgan fingerprint density at radius 3 is 2.89 bits per heavy atom. The van der Waals surface area contributed by atoms with Crippen molar-refractivity contribution < 1.29 is 14.6 Å². The molecule has 5 heteroatoms. The number of aromatic amines is 1. The van der Waals surface area contributed by atoms with Crippen molar-refractivity contribution in [2.45, 2.75) is 6.54 Å². The summed E-state index contributed by atoms with van der Waals surface area (Å²) in [5.41, 5.74) is 1.50. The van der Waals surface area contributed by atoms with Crippen molar-refractivity contribution in [3.63, 3.8) is 0 Å². The van der Waals surface area contributed by atoms with Crippen LogP contribution in [0.25, 0.3) is 10.9 Å². The molecule has 5 nitrogen and oxygen atoms in total. The Bertz CT molecular complexity index is 602. The first-order valence-electron chi connectivity index (χ1n) is 6.28. The number of H-pyrrole nitrogens is 1. The smallest absolute Gasteiger partial charge is 0.315 e. The summed E-state index contributed by atoms with van der Waals surface area (Å²) in [7, 11) is 0. The van der Waals surface area contributed by atoms with Gasteiger partial charge in [0.2, 0.25) is 0 Å². The number of benzene rings is 1. The van der Waals surface area contributed by atoms with Gasteiger partial charge in [0.15, 0.2) is 0 Å². The van der Waals surface area contributed by atoms with Crippen molar-refractivity contribution in [1.82, 2.24) is 10.3 Å². The topological polar surface area (TPSA) is 74.4 Å². The van der Waals surface area contributed by atoms with E-state index in [9.17, 15) is 9.90 Å². The molecule has 0 unspecified atom stereocenters. The van der Waals surface area contributed by atoms with Crippen LogP contribution in [-0.2, 0) is 16.1 Å². The summed E-state index contributed by atoms with van der Waals surface area (Å²) >= 11 is 0. The molecule has 0 atom stereocenters. The second kappa shape index (κ2) is 4.68. The third-order valence-corrected chi connectivity index (χ3v) is 3.66. The molecular weight excluding hydrogens is 244 g/mol. The van der Waals surface area contributed by atoms with Gasteiger partial charge in [-0.2, -0.15) is 0 Å². The molecule has 1 aliphatic heterocycles. The second-order valence-electron chi connectivity index (χ2n) is 5.04. The van der Waals surface area contributed by atoms with Crippen molar-refractivity contribution in [3.8, 4) is 0 Å². The van der Waals surface area contributed by atoms with Crippen molar-refractivity contribution >= 4 is 16.9 Å². The lowest BCUT2D eigenvalue weighted by atomic mass is 9.86. The summed E-state index contributed by atoms with van der Waals surface area (Å²) in [6, 6.07) is 8.07. The Balaban J connectivity index is 1.65. The molecule has 1 aromatic carbocycles. The average Bonchev–Trinajstić information content (AvgIpc) is 2.75. The van der Waals surface area contributed by atoms with E-state index in [1.165, 1.54) is 5.39 Å². The number of hydrogen-bond acceptors (Lipinski definition) is 3. The van der Waals surface area contributed by atoms with Crippen LogP contribution in [0.5, 0.6) is 0 Å². The molecule has 1 fully saturated rings. The molecule has 0 aliphatic carbocycles. The Hall–Kier alpha value is -1.85. The van der Waals surface area contributed by atoms with Gasteiger partial charge in [-0.05, 0) is 11.6 Å². The molecule has 3 N–H and O–H groups in total. The van der Waals surface area contributed by atoms with Crippen LogP contribution < -0.4 is 5.32 Å². The summed E-state index contributed by atoms with van der Waals surface area (Å²) in [5.74, 6) is -0.787. The highest BCUT2D eigenvalue weighted by Gasteiger charge is 2.45. The predicted octanol–water partition coefficient (Wildman–Crippen LogP) is 1.36. The average molecular weight is 260 g/mol. The van der Waals surface area contributed by atoms with E-state index in [0.29, 0.717) is 26.3 Å². The molecule has 1 aliphatic rings. The maximum absolute atomic E-state index is 11.2. The zero-order chi connectivity index (χ0) is 13.3. The van der Waals surface area contributed by atoms with Gasteiger partial charge in [-0.1, -0.05) is 18.2 Å². The lowest BCUT2D eigenvalue weighted by molar-refractivity contribution is -0.178. The van der Waals surface area contributed by atoms with Gasteiger partial charge < -0.3 is 20.1 Å². The molecule has 0 radical (unpaired) electrons. The van der Waals surface area contributed by atoms with Crippen LogP contribution in [0.4, 0.5) is 0 Å². The lowest BCUT2D eigenvalue weighted by Gasteiger charge is -2.37. The Morgan fingerprint density at radius 2 is 2.21 bits per heavy atom. The van der Waals surface area contributed by atoms with E-state index in [1.54, 1.807) is 0 Å². The number of carbonyl (C=O) groups is 1. The summed E-state index contributed by atoms with van der Waals surface area (Å²) in [5, 5.41) is 13.6. The summed E-state index contributed by atoms with van der Waals surface area (Å²) in [6.07, 6.45) is 1.96. The second-order valence-corrected chi connectivity index (χ2v) is 5.04. The minimum Gasteiger partial charge on any atom is -0.481 e. The Kier molecular flexibility index (Phi) is 3.00. The number of para-hydroxylation sites is 1. The van der Waals surface area contributed by atoms with E-state index in [4.69, 9.17) is 4.74 Å². The van der Waals surface area contributed by atoms with Crippen LogP contribution in [0.15, 0.2) is 30.5 Å². The molecule has 100 valence electrons. The molecule has 0 bridgehead atoms. The van der Waals surface area contributed by atoms with E-state index in [-0.39, 0.29) is 0 Å². The van der Waals surface area contributed by atoms with Crippen LogP contribution in [-0.4, -0.2) is 35.8 Å². The molecule has 1 saturated heterocycles. The minimum atomic E-state index is -0.787. The van der Waals surface area contributed by atoms with Crippen LogP contribution in [0, 0.1) is 5.41 Å². The molecule has 1 aromatic heterocycles. The Morgan fingerprint density at radius 1 is 1.42 bits per heavy atom. The van der Waals surface area contributed by atoms with Gasteiger partial charge in [-0.25, -0.2) is 0 Å². The van der Waals surface area contributed by atoms with Crippen LogP contribution in [0.1, 0.15) is 5.56 Å². The van der Waals surface area contributed by atoms with Crippen LogP contribution in [0.2, 0.25) is 0 Å². The lowest BCUT2D eigenvalue weighted by Crippen LogP contribution is -2.55. The van der Waals surface area contributed by atoms with Gasteiger partial charge in [0.25, 0.3) is 0 Å². The minimum absolute atomic E-state index is 0.295. The maximum atomic E-state index is 11.2. The molecule has 0 spiro atoms. The van der Waals surface area contributed by atoms with Gasteiger partial charge in [0.1, 0.15) is 5.41 Å². The molecule has 2 heterocycles. The van der Waals surface area contributed by atoms with E-state index in [1.807, 2.05) is 24.4 Å². The number of carboxylic acid groups (broad SMARTS) is 1. The highest BCUT2D eigenvalue weighted by Crippen LogP contribution is 2.27. The Labute approximate surface area is 110 Å². The van der Waals surface area contributed by atoms with Gasteiger partial charge in [-0.15, -0.1) is 0 Å². The largest absolute Gasteiger partial charge is 0.481 e. The summed E-state index contributed by atoms with van der Waals surface area (Å²) in [6.45, 7) is 1.67. The highest BCUT2D eigenvalue weighted by molar-refractivity contribution is 5.83. The third-order valence-electron chi connectivity index (χ3n) is 3.66. The fourth-order valence-corrected chi connectivity index (χ4v) is 2.36. The summed E-state index contributed by atoms with van der Waals surface area (Å²) in [4.78, 5) is 14.4. The van der Waals surface area contributed by atoms with E-state index in [0.717, 1.165) is 11.1 Å². The fraction of sp³-hybridized carbons (Fsp3) is 0.357. The number of carboxylic acids is 1. The molecule has 19 heavy (non-hydrogen) atoms. The molecular formula is C14H16N2O3. The van der Waals surface area contributed by atoms with Crippen molar-refractivity contribution in [1.29, 1.82) is 0 Å². The van der Waals surface area contributed by atoms with Crippen molar-refractivity contribution in [2.24, 2.45) is 5.41 Å². The maximum Gasteiger partial charge on any atom is 0.315 e. The van der Waals surface area contributed by atoms with Crippen LogP contribution in [0.3, 0.4) is 0 Å². The van der Waals surface area contributed by atoms with E-state index < -0.39 is 11.4 Å². The standard InChI is InChI=1S/C14H16N2O3/c17-13(18)14(8-19-9-14)7-15-5-10-6-16-12-4-2-1-3-11(10)12/h1-4,6,15-16H,5,7-9H2,(H,17,18). The number of aliphatic carboxylic acids is 1. The van der Waals surface area contributed by atoms with Gasteiger partial charge >= 0.3 is 5.97 Å². The van der Waals surface area contributed by atoms with Gasteiger partial charge in [0, 0.05) is 30.2 Å². The van der Waals surface area contributed by atoms with Crippen LogP contribution >= 0.6 is 0 Å². The van der Waals surface area contributed by atoms with Gasteiger partial charge in [0.05, 0.1) is 13.2 Å². The number of rotatable bonds is 5. The zero-order valence-electron chi connectivity index (χ0n) is 10.5. The highest BCUT2D eigenvalue weighted by atomic mass is 16.5. The normalized spacial score (nSPS) is 17.3. The molecule has 0 saturated carbocycles. The van der Waals surface area contributed by atoms with Crippen molar-refractivity contribution in [3.05, 3.63) is 36.0 Å². The zero-order valence-corrected chi connectivity index (χ0v) is 10.5. The van der Waals surface area contributed by atoms with Gasteiger partial charge in [-0.3, -0.25) is 4.79 Å². The fourth-order valence-electron chi connectivity index (χ4n) is 2.36. The molecule has 0 amide bonds. The predicted molar refractivity (Wildman–Crippen MR) is 70.9 cm³/mol. The number of ether oxygens (including phenoxy) is 1. The van der Waals surface area contributed by atoms with E-state index in [2.05, 4.69) is 16.4 Å². The molecule has 3 rings (SSSR count). The first-order valence-corrected chi connectivity index (χ1v) is 6.28.